The molecule has 0 fully saturated rings. The molecule has 0 bridgehead atoms. The quantitative estimate of drug-likeness (QED) is 0.817. The molecule has 5 heteroatoms. The van der Waals surface area contributed by atoms with Gasteiger partial charge in [-0.25, -0.2) is 4.79 Å². The molecule has 0 saturated carbocycles. The van der Waals surface area contributed by atoms with Crippen LogP contribution in [0.15, 0.2) is 30.3 Å². The summed E-state index contributed by atoms with van der Waals surface area (Å²) in [6, 6.07) is 8.96. The molecule has 0 radical (unpaired) electrons. The van der Waals surface area contributed by atoms with Crippen molar-refractivity contribution in [1.82, 2.24) is 4.90 Å². The summed E-state index contributed by atoms with van der Waals surface area (Å²) in [6.07, 6.45) is -1.20. The van der Waals surface area contributed by atoms with Crippen LogP contribution in [-0.2, 0) is 11.3 Å². The lowest BCUT2D eigenvalue weighted by Gasteiger charge is -2.28. The first-order valence-corrected chi connectivity index (χ1v) is 6.30. The van der Waals surface area contributed by atoms with Gasteiger partial charge in [0.1, 0.15) is 6.61 Å². The monoisotopic (exact) mass is 267 g/mol. The summed E-state index contributed by atoms with van der Waals surface area (Å²) in [5, 5.41) is 18.5. The number of ether oxygens (including phenoxy) is 1. The molecule has 19 heavy (non-hydrogen) atoms. The zero-order valence-electron chi connectivity index (χ0n) is 11.3. The maximum atomic E-state index is 11.9. The van der Waals surface area contributed by atoms with Crippen molar-refractivity contribution in [2.75, 3.05) is 13.2 Å². The molecule has 2 N–H and O–H groups in total. The minimum atomic E-state index is -0.668. The first-order chi connectivity index (χ1) is 9.04. The van der Waals surface area contributed by atoms with Crippen LogP contribution in [0, 0.1) is 0 Å². The van der Waals surface area contributed by atoms with E-state index in [0.717, 1.165) is 5.56 Å². The molecular weight excluding hydrogens is 246 g/mol. The van der Waals surface area contributed by atoms with E-state index in [0.29, 0.717) is 0 Å². The van der Waals surface area contributed by atoms with Crippen molar-refractivity contribution in [3.8, 4) is 0 Å². The molecule has 0 saturated heterocycles. The molecule has 1 aromatic carbocycles. The van der Waals surface area contributed by atoms with Gasteiger partial charge in [0.2, 0.25) is 0 Å². The van der Waals surface area contributed by atoms with Crippen molar-refractivity contribution >= 4 is 6.09 Å². The lowest BCUT2D eigenvalue weighted by Crippen LogP contribution is -2.44. The van der Waals surface area contributed by atoms with E-state index in [1.807, 2.05) is 30.3 Å². The highest BCUT2D eigenvalue weighted by atomic mass is 16.6. The van der Waals surface area contributed by atoms with Gasteiger partial charge in [-0.05, 0) is 19.4 Å². The summed E-state index contributed by atoms with van der Waals surface area (Å²) in [6.45, 7) is 3.42. The van der Waals surface area contributed by atoms with Crippen LogP contribution in [0.2, 0.25) is 0 Å². The molecule has 0 aliphatic rings. The van der Waals surface area contributed by atoms with Crippen LogP contribution < -0.4 is 0 Å². The summed E-state index contributed by atoms with van der Waals surface area (Å²) >= 11 is 0. The molecule has 2 atom stereocenters. The fraction of sp³-hybridized carbons (Fsp3) is 0.500. The predicted molar refractivity (Wildman–Crippen MR) is 71.6 cm³/mol. The van der Waals surface area contributed by atoms with Gasteiger partial charge in [-0.3, -0.25) is 0 Å². The molecule has 1 aromatic rings. The molecule has 0 aliphatic heterocycles. The molecule has 0 heterocycles. The Morgan fingerprint density at radius 2 is 1.95 bits per heavy atom. The lowest BCUT2D eigenvalue weighted by molar-refractivity contribution is 0.0456. The topological polar surface area (TPSA) is 70.0 Å². The molecular formula is C14H21NO4. The Hall–Kier alpha value is -1.59. The molecule has 0 spiro atoms. The molecule has 5 nitrogen and oxygen atoms in total. The Balaban J connectivity index is 2.56. The normalized spacial score (nSPS) is 13.7. The van der Waals surface area contributed by atoms with E-state index >= 15 is 0 Å². The Kier molecular flexibility index (Phi) is 6.32. The highest BCUT2D eigenvalue weighted by Crippen LogP contribution is 2.07. The Morgan fingerprint density at radius 1 is 1.32 bits per heavy atom. The largest absolute Gasteiger partial charge is 0.445 e. The maximum Gasteiger partial charge on any atom is 0.410 e. The second-order valence-electron chi connectivity index (χ2n) is 4.57. The van der Waals surface area contributed by atoms with Crippen molar-refractivity contribution in [2.45, 2.75) is 32.6 Å². The van der Waals surface area contributed by atoms with Crippen LogP contribution in [0.3, 0.4) is 0 Å². The standard InChI is InChI=1S/C14H21NO4/c1-11(9-16)15(8-12(2)17)14(18)19-10-13-6-4-3-5-7-13/h3-7,11-12,16-17H,8-10H2,1-2H3/t11-,12-/m1/s1. The highest BCUT2D eigenvalue weighted by molar-refractivity contribution is 5.68. The first kappa shape index (κ1) is 15.5. The van der Waals surface area contributed by atoms with E-state index in [-0.39, 0.29) is 19.8 Å². The van der Waals surface area contributed by atoms with E-state index in [1.54, 1.807) is 13.8 Å². The Bertz CT molecular complexity index is 380. The molecule has 0 unspecified atom stereocenters. The molecule has 1 amide bonds. The summed E-state index contributed by atoms with van der Waals surface area (Å²) in [4.78, 5) is 13.3. The van der Waals surface area contributed by atoms with Gasteiger partial charge in [0.25, 0.3) is 0 Å². The van der Waals surface area contributed by atoms with Crippen molar-refractivity contribution in [1.29, 1.82) is 0 Å². The van der Waals surface area contributed by atoms with Crippen LogP contribution in [0.25, 0.3) is 0 Å². The van der Waals surface area contributed by atoms with Gasteiger partial charge in [0.15, 0.2) is 0 Å². The predicted octanol–water partition coefficient (Wildman–Crippen LogP) is 1.39. The van der Waals surface area contributed by atoms with Crippen LogP contribution in [0.1, 0.15) is 19.4 Å². The van der Waals surface area contributed by atoms with Gasteiger partial charge < -0.3 is 19.8 Å². The van der Waals surface area contributed by atoms with Crippen LogP contribution in [-0.4, -0.2) is 46.5 Å². The first-order valence-electron chi connectivity index (χ1n) is 6.30. The second kappa shape index (κ2) is 7.76. The maximum absolute atomic E-state index is 11.9. The minimum absolute atomic E-state index is 0.134. The SMILES string of the molecule is C[C@H](CO)N(C[C@@H](C)O)C(=O)OCc1ccccc1. The number of hydrogen-bond acceptors (Lipinski definition) is 4. The van der Waals surface area contributed by atoms with Crippen molar-refractivity contribution in [3.63, 3.8) is 0 Å². The number of nitrogens with zero attached hydrogens (tertiary/aromatic N) is 1. The van der Waals surface area contributed by atoms with E-state index < -0.39 is 18.2 Å². The number of hydrogen-bond donors (Lipinski definition) is 2. The van der Waals surface area contributed by atoms with Gasteiger partial charge in [0.05, 0.1) is 25.3 Å². The summed E-state index contributed by atoms with van der Waals surface area (Å²) in [7, 11) is 0. The number of amides is 1. The van der Waals surface area contributed by atoms with E-state index in [9.17, 15) is 9.90 Å². The zero-order valence-corrected chi connectivity index (χ0v) is 11.3. The number of benzene rings is 1. The third-order valence-corrected chi connectivity index (χ3v) is 2.70. The minimum Gasteiger partial charge on any atom is -0.445 e. The fourth-order valence-corrected chi connectivity index (χ4v) is 1.62. The van der Waals surface area contributed by atoms with Gasteiger partial charge in [-0.15, -0.1) is 0 Å². The Labute approximate surface area is 113 Å². The van der Waals surface area contributed by atoms with Gasteiger partial charge in [-0.2, -0.15) is 0 Å². The Morgan fingerprint density at radius 3 is 2.47 bits per heavy atom. The number of carbonyl (C=O) groups is 1. The lowest BCUT2D eigenvalue weighted by atomic mass is 10.2. The van der Waals surface area contributed by atoms with Crippen molar-refractivity contribution < 1.29 is 19.7 Å². The molecule has 106 valence electrons. The summed E-state index contributed by atoms with van der Waals surface area (Å²) in [5.74, 6) is 0. The highest BCUT2D eigenvalue weighted by Gasteiger charge is 2.22. The molecule has 0 aliphatic carbocycles. The number of rotatable bonds is 6. The summed E-state index contributed by atoms with van der Waals surface area (Å²) < 4.78 is 5.18. The third-order valence-electron chi connectivity index (χ3n) is 2.70. The number of aliphatic hydroxyl groups is 2. The van der Waals surface area contributed by atoms with Crippen molar-refractivity contribution in [3.05, 3.63) is 35.9 Å². The zero-order chi connectivity index (χ0) is 14.3. The van der Waals surface area contributed by atoms with E-state index in [1.165, 1.54) is 4.90 Å². The average Bonchev–Trinajstić information content (AvgIpc) is 2.42. The summed E-state index contributed by atoms with van der Waals surface area (Å²) in [5.41, 5.74) is 0.893. The van der Waals surface area contributed by atoms with Gasteiger partial charge >= 0.3 is 6.09 Å². The third kappa shape index (κ3) is 5.28. The number of carbonyl (C=O) groups excluding carboxylic acids is 1. The fourth-order valence-electron chi connectivity index (χ4n) is 1.62. The van der Waals surface area contributed by atoms with Gasteiger partial charge in [0, 0.05) is 0 Å². The van der Waals surface area contributed by atoms with E-state index in [4.69, 9.17) is 9.84 Å². The molecule has 1 rings (SSSR count). The van der Waals surface area contributed by atoms with E-state index in [2.05, 4.69) is 0 Å². The van der Waals surface area contributed by atoms with Crippen molar-refractivity contribution in [2.24, 2.45) is 0 Å². The van der Waals surface area contributed by atoms with Crippen LogP contribution >= 0.6 is 0 Å². The number of aliphatic hydroxyl groups excluding tert-OH is 2. The van der Waals surface area contributed by atoms with Crippen LogP contribution in [0.4, 0.5) is 4.79 Å². The second-order valence-corrected chi connectivity index (χ2v) is 4.57. The van der Waals surface area contributed by atoms with Crippen LogP contribution in [0.5, 0.6) is 0 Å². The van der Waals surface area contributed by atoms with Gasteiger partial charge in [-0.1, -0.05) is 30.3 Å². The average molecular weight is 267 g/mol. The molecule has 0 aromatic heterocycles. The smallest absolute Gasteiger partial charge is 0.410 e.